The lowest BCUT2D eigenvalue weighted by Gasteiger charge is -2.09. The smallest absolute Gasteiger partial charge is 0.287 e. The zero-order chi connectivity index (χ0) is 14.5. The van der Waals surface area contributed by atoms with E-state index in [1.54, 1.807) is 19.9 Å². The summed E-state index contributed by atoms with van der Waals surface area (Å²) in [5.41, 5.74) is 0. The zero-order valence-corrected chi connectivity index (χ0v) is 11.5. The second-order valence-corrected chi connectivity index (χ2v) is 6.01. The summed E-state index contributed by atoms with van der Waals surface area (Å²) in [6.07, 6.45) is 1.34. The minimum absolute atomic E-state index is 0.101. The number of hydrogen-bond donors (Lipinski definition) is 2. The van der Waals surface area contributed by atoms with Gasteiger partial charge < -0.3 is 9.73 Å². The van der Waals surface area contributed by atoms with E-state index in [1.165, 1.54) is 12.3 Å². The van der Waals surface area contributed by atoms with Gasteiger partial charge in [-0.25, -0.2) is 8.42 Å². The van der Waals surface area contributed by atoms with Crippen LogP contribution in [-0.4, -0.2) is 32.5 Å². The molecule has 0 unspecified atom stereocenters. The van der Waals surface area contributed by atoms with Gasteiger partial charge in [-0.15, -0.1) is 0 Å². The van der Waals surface area contributed by atoms with Gasteiger partial charge in [-0.05, 0) is 12.1 Å². The van der Waals surface area contributed by atoms with E-state index in [-0.39, 0.29) is 18.1 Å². The van der Waals surface area contributed by atoms with E-state index in [2.05, 4.69) is 5.32 Å². The van der Waals surface area contributed by atoms with Gasteiger partial charge in [0.1, 0.15) is 0 Å². The molecule has 19 heavy (non-hydrogen) atoms. The third-order valence-electron chi connectivity index (χ3n) is 2.18. The van der Waals surface area contributed by atoms with Crippen LogP contribution in [0.1, 0.15) is 24.4 Å². The number of carbonyl (C=O) groups is 2. The first-order valence-corrected chi connectivity index (χ1v) is 7.33. The predicted molar refractivity (Wildman–Crippen MR) is 67.8 cm³/mol. The van der Waals surface area contributed by atoms with Crippen molar-refractivity contribution in [1.82, 2.24) is 10.0 Å². The van der Waals surface area contributed by atoms with E-state index in [4.69, 9.17) is 4.42 Å². The maximum absolute atomic E-state index is 11.5. The summed E-state index contributed by atoms with van der Waals surface area (Å²) >= 11 is 0. The van der Waals surface area contributed by atoms with E-state index < -0.39 is 27.8 Å². The summed E-state index contributed by atoms with van der Waals surface area (Å²) in [5.74, 6) is -1.78. The molecule has 0 radical (unpaired) electrons. The molecule has 0 aliphatic heterocycles. The van der Waals surface area contributed by atoms with Crippen LogP contribution in [0.15, 0.2) is 22.8 Å². The molecular weight excluding hydrogens is 272 g/mol. The average Bonchev–Trinajstić information content (AvgIpc) is 2.81. The standard InChI is InChI=1S/C11H16N2O5S/c1-8(2)10(14)13-19(16,17)7-5-12-11(15)9-4-3-6-18-9/h3-4,6,8H,5,7H2,1-2H3,(H,12,15)(H,13,14). The van der Waals surface area contributed by atoms with E-state index in [0.29, 0.717) is 0 Å². The lowest BCUT2D eigenvalue weighted by Crippen LogP contribution is -2.39. The molecule has 0 aliphatic carbocycles. The molecule has 0 saturated carbocycles. The van der Waals surface area contributed by atoms with Crippen molar-refractivity contribution in [2.24, 2.45) is 5.92 Å². The van der Waals surface area contributed by atoms with Crippen LogP contribution in [0.4, 0.5) is 0 Å². The SMILES string of the molecule is CC(C)C(=O)NS(=O)(=O)CCNC(=O)c1ccco1. The molecule has 106 valence electrons. The van der Waals surface area contributed by atoms with Crippen LogP contribution in [0.2, 0.25) is 0 Å². The maximum Gasteiger partial charge on any atom is 0.287 e. The molecule has 0 spiro atoms. The van der Waals surface area contributed by atoms with Gasteiger partial charge >= 0.3 is 0 Å². The number of amides is 2. The first-order chi connectivity index (χ1) is 8.82. The minimum atomic E-state index is -3.74. The molecule has 8 heteroatoms. The van der Waals surface area contributed by atoms with Crippen molar-refractivity contribution in [1.29, 1.82) is 0 Å². The fraction of sp³-hybridized carbons (Fsp3) is 0.455. The number of rotatable bonds is 6. The third kappa shape index (κ3) is 5.12. The molecule has 1 rings (SSSR count). The Labute approximate surface area is 111 Å². The molecule has 1 aromatic rings. The fourth-order valence-corrected chi connectivity index (χ4v) is 2.13. The Morgan fingerprint density at radius 1 is 1.37 bits per heavy atom. The summed E-state index contributed by atoms with van der Waals surface area (Å²) in [5, 5.41) is 2.38. The van der Waals surface area contributed by atoms with E-state index in [9.17, 15) is 18.0 Å². The van der Waals surface area contributed by atoms with Crippen molar-refractivity contribution in [2.45, 2.75) is 13.8 Å². The Morgan fingerprint density at radius 3 is 2.58 bits per heavy atom. The maximum atomic E-state index is 11.5. The van der Waals surface area contributed by atoms with Crippen LogP contribution in [0.5, 0.6) is 0 Å². The molecule has 2 amide bonds. The summed E-state index contributed by atoms with van der Waals surface area (Å²) < 4.78 is 29.8. The second kappa shape index (κ2) is 6.37. The third-order valence-corrected chi connectivity index (χ3v) is 3.44. The molecule has 0 saturated heterocycles. The number of sulfonamides is 1. The lowest BCUT2D eigenvalue weighted by atomic mass is 10.2. The van der Waals surface area contributed by atoms with Gasteiger partial charge in [0.25, 0.3) is 5.91 Å². The van der Waals surface area contributed by atoms with Crippen LogP contribution < -0.4 is 10.0 Å². The van der Waals surface area contributed by atoms with Crippen molar-refractivity contribution < 1.29 is 22.4 Å². The normalized spacial score (nSPS) is 11.3. The van der Waals surface area contributed by atoms with E-state index >= 15 is 0 Å². The molecule has 0 aromatic carbocycles. The Hall–Kier alpha value is -1.83. The lowest BCUT2D eigenvalue weighted by molar-refractivity contribution is -0.122. The van der Waals surface area contributed by atoms with Crippen molar-refractivity contribution in [3.05, 3.63) is 24.2 Å². The quantitative estimate of drug-likeness (QED) is 0.773. The molecule has 0 fully saturated rings. The topological polar surface area (TPSA) is 105 Å². The Balaban J connectivity index is 2.40. The van der Waals surface area contributed by atoms with Crippen LogP contribution in [0.25, 0.3) is 0 Å². The van der Waals surface area contributed by atoms with Gasteiger partial charge in [0.05, 0.1) is 12.0 Å². The van der Waals surface area contributed by atoms with Crippen LogP contribution in [0.3, 0.4) is 0 Å². The monoisotopic (exact) mass is 288 g/mol. The minimum Gasteiger partial charge on any atom is -0.459 e. The van der Waals surface area contributed by atoms with Gasteiger partial charge in [-0.1, -0.05) is 13.8 Å². The van der Waals surface area contributed by atoms with Gasteiger partial charge in [0.15, 0.2) is 5.76 Å². The highest BCUT2D eigenvalue weighted by atomic mass is 32.2. The van der Waals surface area contributed by atoms with E-state index in [1.807, 2.05) is 4.72 Å². The summed E-state index contributed by atoms with van der Waals surface area (Å²) in [4.78, 5) is 22.7. The predicted octanol–water partition coefficient (Wildman–Crippen LogP) is 0.111. The van der Waals surface area contributed by atoms with Crippen molar-refractivity contribution in [2.75, 3.05) is 12.3 Å². The van der Waals surface area contributed by atoms with Crippen LogP contribution in [0, 0.1) is 5.92 Å². The number of carbonyl (C=O) groups excluding carboxylic acids is 2. The Kier molecular flexibility index (Phi) is 5.11. The highest BCUT2D eigenvalue weighted by molar-refractivity contribution is 7.90. The van der Waals surface area contributed by atoms with Gasteiger partial charge in [-0.2, -0.15) is 0 Å². The number of furan rings is 1. The fourth-order valence-electron chi connectivity index (χ4n) is 1.12. The first kappa shape index (κ1) is 15.2. The molecule has 1 heterocycles. The number of nitrogens with one attached hydrogen (secondary N) is 2. The zero-order valence-electron chi connectivity index (χ0n) is 10.7. The summed E-state index contributed by atoms with van der Waals surface area (Å²) in [7, 11) is -3.74. The second-order valence-electron chi connectivity index (χ2n) is 4.17. The average molecular weight is 288 g/mol. The highest BCUT2D eigenvalue weighted by Gasteiger charge is 2.17. The molecule has 0 bridgehead atoms. The Bertz CT molecular complexity index is 533. The summed E-state index contributed by atoms with van der Waals surface area (Å²) in [6, 6.07) is 3.01. The molecule has 1 aromatic heterocycles. The van der Waals surface area contributed by atoms with Gasteiger partial charge in [0.2, 0.25) is 15.9 Å². The van der Waals surface area contributed by atoms with Crippen molar-refractivity contribution >= 4 is 21.8 Å². The largest absolute Gasteiger partial charge is 0.459 e. The molecule has 0 atom stereocenters. The van der Waals surface area contributed by atoms with Crippen molar-refractivity contribution in [3.8, 4) is 0 Å². The molecule has 2 N–H and O–H groups in total. The van der Waals surface area contributed by atoms with E-state index in [0.717, 1.165) is 0 Å². The van der Waals surface area contributed by atoms with Gasteiger partial charge in [-0.3, -0.25) is 14.3 Å². The van der Waals surface area contributed by atoms with Crippen LogP contribution in [-0.2, 0) is 14.8 Å². The summed E-state index contributed by atoms with van der Waals surface area (Å²) in [6.45, 7) is 3.06. The van der Waals surface area contributed by atoms with Crippen LogP contribution >= 0.6 is 0 Å². The first-order valence-electron chi connectivity index (χ1n) is 5.68. The molecule has 0 aliphatic rings. The highest BCUT2D eigenvalue weighted by Crippen LogP contribution is 1.99. The van der Waals surface area contributed by atoms with Crippen molar-refractivity contribution in [3.63, 3.8) is 0 Å². The number of hydrogen-bond acceptors (Lipinski definition) is 5. The molecule has 7 nitrogen and oxygen atoms in total. The molecular formula is C11H16N2O5S. The Morgan fingerprint density at radius 2 is 2.05 bits per heavy atom. The van der Waals surface area contributed by atoms with Gasteiger partial charge in [0, 0.05) is 12.5 Å².